The molecule has 7 aromatic carbocycles. The van der Waals surface area contributed by atoms with Gasteiger partial charge in [-0.1, -0.05) is 145 Å². The molecule has 3 nitrogen and oxygen atoms in total. The predicted molar refractivity (Wildman–Crippen MR) is 211 cm³/mol. The van der Waals surface area contributed by atoms with E-state index in [4.69, 9.17) is 9.97 Å². The molecule has 2 aromatic heterocycles. The zero-order valence-electron chi connectivity index (χ0n) is 27.2. The van der Waals surface area contributed by atoms with Gasteiger partial charge in [0.1, 0.15) is 0 Å². The Kier molecular flexibility index (Phi) is 6.60. The molecule has 0 aliphatic carbocycles. The van der Waals surface area contributed by atoms with Crippen molar-refractivity contribution < 1.29 is 0 Å². The summed E-state index contributed by atoms with van der Waals surface area (Å²) in [5.74, 6) is 0. The lowest BCUT2D eigenvalue weighted by atomic mass is 9.35. The number of anilines is 3. The average Bonchev–Trinajstić information content (AvgIpc) is 3.19. The topological polar surface area (TPSA) is 29.0 Å². The lowest BCUT2D eigenvalue weighted by Gasteiger charge is -2.38. The van der Waals surface area contributed by atoms with Crippen molar-refractivity contribution in [2.24, 2.45) is 0 Å². The van der Waals surface area contributed by atoms with Crippen molar-refractivity contribution in [3.63, 3.8) is 0 Å². The third kappa shape index (κ3) is 4.53. The highest BCUT2D eigenvalue weighted by Crippen LogP contribution is 2.41. The number of hydrogen-bond acceptors (Lipinski definition) is 3. The van der Waals surface area contributed by atoms with Crippen LogP contribution in [0.5, 0.6) is 0 Å². The van der Waals surface area contributed by atoms with Gasteiger partial charge in [0, 0.05) is 51.1 Å². The number of benzene rings is 7. The highest BCUT2D eigenvalue weighted by Gasteiger charge is 2.36. The SMILES string of the molecule is c1cc(B2c3ccccc3N(c3cccc4ccccc34)c3ccc(-c4nccc5ccccc45)cc32)cc(-c2nccc3ccccc23)c1. The molecular weight excluding hydrogens is 605 g/mol. The Labute approximate surface area is 291 Å². The van der Waals surface area contributed by atoms with Crippen LogP contribution in [0.4, 0.5) is 17.1 Å². The molecule has 3 heterocycles. The van der Waals surface area contributed by atoms with Gasteiger partial charge < -0.3 is 4.90 Å². The molecule has 0 atom stereocenters. The van der Waals surface area contributed by atoms with Crippen molar-refractivity contribution in [3.05, 3.63) is 182 Å². The molecule has 0 saturated carbocycles. The van der Waals surface area contributed by atoms with Crippen molar-refractivity contribution in [1.82, 2.24) is 9.97 Å². The van der Waals surface area contributed by atoms with E-state index in [1.807, 2.05) is 12.4 Å². The minimum absolute atomic E-state index is 0.0164. The number of pyridine rings is 2. The van der Waals surface area contributed by atoms with E-state index in [-0.39, 0.29) is 6.71 Å². The molecule has 0 fully saturated rings. The molecule has 4 heteroatoms. The van der Waals surface area contributed by atoms with Gasteiger partial charge in [0.15, 0.2) is 0 Å². The van der Waals surface area contributed by atoms with Crippen molar-refractivity contribution in [3.8, 4) is 22.5 Å². The van der Waals surface area contributed by atoms with E-state index >= 15 is 0 Å². The summed E-state index contributed by atoms with van der Waals surface area (Å²) in [6.45, 7) is -0.0164. The lowest BCUT2D eigenvalue weighted by molar-refractivity contribution is 1.30. The number of fused-ring (bicyclic) bond motifs is 5. The first-order chi connectivity index (χ1) is 24.8. The third-order valence-corrected chi connectivity index (χ3v) is 10.2. The van der Waals surface area contributed by atoms with Crippen LogP contribution in [0, 0.1) is 0 Å². The first-order valence-corrected chi connectivity index (χ1v) is 17.1. The summed E-state index contributed by atoms with van der Waals surface area (Å²) in [6.07, 6.45) is 3.84. The minimum atomic E-state index is -0.0164. The van der Waals surface area contributed by atoms with Gasteiger partial charge in [-0.2, -0.15) is 0 Å². The van der Waals surface area contributed by atoms with Crippen LogP contribution in [0.1, 0.15) is 0 Å². The van der Waals surface area contributed by atoms with Crippen molar-refractivity contribution >= 4 is 72.5 Å². The molecule has 0 spiro atoms. The van der Waals surface area contributed by atoms with Gasteiger partial charge in [-0.3, -0.25) is 9.97 Å². The van der Waals surface area contributed by atoms with E-state index < -0.39 is 0 Å². The first-order valence-electron chi connectivity index (χ1n) is 17.1. The Morgan fingerprint density at radius 2 is 0.920 bits per heavy atom. The quantitative estimate of drug-likeness (QED) is 0.181. The minimum Gasteiger partial charge on any atom is -0.311 e. The third-order valence-electron chi connectivity index (χ3n) is 10.2. The van der Waals surface area contributed by atoms with Crippen LogP contribution in [0.25, 0.3) is 54.8 Å². The van der Waals surface area contributed by atoms with E-state index in [1.165, 1.54) is 55.0 Å². The summed E-state index contributed by atoms with van der Waals surface area (Å²) in [6, 6.07) is 61.3. The molecule has 0 amide bonds. The predicted octanol–water partition coefficient (Wildman–Crippen LogP) is 9.57. The molecule has 50 heavy (non-hydrogen) atoms. The summed E-state index contributed by atoms with van der Waals surface area (Å²) < 4.78 is 0. The fourth-order valence-electron chi connectivity index (χ4n) is 7.96. The number of hydrogen-bond donors (Lipinski definition) is 0. The summed E-state index contributed by atoms with van der Waals surface area (Å²) in [5.41, 5.74) is 11.5. The summed E-state index contributed by atoms with van der Waals surface area (Å²) in [5, 5.41) is 7.12. The van der Waals surface area contributed by atoms with Crippen LogP contribution in [0.3, 0.4) is 0 Å². The maximum atomic E-state index is 4.95. The highest BCUT2D eigenvalue weighted by molar-refractivity contribution is 6.98. The summed E-state index contributed by atoms with van der Waals surface area (Å²) >= 11 is 0. The van der Waals surface area contributed by atoms with E-state index in [0.717, 1.165) is 33.3 Å². The van der Waals surface area contributed by atoms with Crippen molar-refractivity contribution in [1.29, 1.82) is 0 Å². The van der Waals surface area contributed by atoms with Crippen LogP contribution in [0.2, 0.25) is 0 Å². The van der Waals surface area contributed by atoms with Gasteiger partial charge in [-0.05, 0) is 57.4 Å². The maximum absolute atomic E-state index is 4.95. The normalized spacial score (nSPS) is 12.3. The molecule has 0 saturated heterocycles. The molecule has 0 bridgehead atoms. The second-order valence-electron chi connectivity index (χ2n) is 13.0. The van der Waals surface area contributed by atoms with E-state index in [0.29, 0.717) is 0 Å². The summed E-state index contributed by atoms with van der Waals surface area (Å²) in [7, 11) is 0. The van der Waals surface area contributed by atoms with Gasteiger partial charge in [0.25, 0.3) is 0 Å². The monoisotopic (exact) mass is 635 g/mol. The number of nitrogens with zero attached hydrogens (tertiary/aromatic N) is 3. The van der Waals surface area contributed by atoms with Crippen LogP contribution < -0.4 is 21.3 Å². The Balaban J connectivity index is 1.24. The number of rotatable bonds is 4. The fraction of sp³-hybridized carbons (Fsp3) is 0. The van der Waals surface area contributed by atoms with Crippen molar-refractivity contribution in [2.75, 3.05) is 4.90 Å². The maximum Gasteiger partial charge on any atom is 0.246 e. The molecular formula is C46H30BN3. The zero-order valence-corrected chi connectivity index (χ0v) is 27.2. The zero-order chi connectivity index (χ0) is 33.0. The van der Waals surface area contributed by atoms with Gasteiger partial charge in [-0.25, -0.2) is 0 Å². The Morgan fingerprint density at radius 1 is 0.380 bits per heavy atom. The Bertz CT molecular complexity index is 2740. The molecule has 0 unspecified atom stereocenters. The molecule has 232 valence electrons. The van der Waals surface area contributed by atoms with Gasteiger partial charge in [-0.15, -0.1) is 0 Å². The second kappa shape index (κ2) is 11.6. The van der Waals surface area contributed by atoms with Crippen LogP contribution >= 0.6 is 0 Å². The fourth-order valence-corrected chi connectivity index (χ4v) is 7.96. The van der Waals surface area contributed by atoms with E-state index in [2.05, 4.69) is 175 Å². The molecule has 1 aliphatic rings. The van der Waals surface area contributed by atoms with Crippen LogP contribution in [-0.4, -0.2) is 16.7 Å². The number of para-hydroxylation sites is 1. The lowest BCUT2D eigenvalue weighted by Crippen LogP contribution is -2.57. The van der Waals surface area contributed by atoms with Gasteiger partial charge >= 0.3 is 0 Å². The van der Waals surface area contributed by atoms with Crippen molar-refractivity contribution in [2.45, 2.75) is 0 Å². The summed E-state index contributed by atoms with van der Waals surface area (Å²) in [4.78, 5) is 12.3. The molecule has 10 rings (SSSR count). The molecule has 1 aliphatic heterocycles. The Hall–Kier alpha value is -6.52. The standard InChI is InChI=1S/C46H30BN3/c1-4-17-37-31(11-1)14-10-22-42(37)50-43-21-8-7-20-40(43)47(36-16-9-15-34(29-36)45-38-18-5-2-12-32(38)25-27-48-45)41-30-35(23-24-44(41)50)46-39-19-6-3-13-33(39)26-28-49-46/h1-30H. The molecule has 9 aromatic rings. The smallest absolute Gasteiger partial charge is 0.246 e. The Morgan fingerprint density at radius 3 is 1.66 bits per heavy atom. The number of aromatic nitrogens is 2. The van der Waals surface area contributed by atoms with E-state index in [9.17, 15) is 0 Å². The van der Waals surface area contributed by atoms with Gasteiger partial charge in [0.05, 0.1) is 17.1 Å². The largest absolute Gasteiger partial charge is 0.311 e. The van der Waals surface area contributed by atoms with Gasteiger partial charge in [0.2, 0.25) is 6.71 Å². The highest BCUT2D eigenvalue weighted by atomic mass is 15.2. The average molecular weight is 636 g/mol. The molecule has 0 radical (unpaired) electrons. The van der Waals surface area contributed by atoms with Crippen LogP contribution in [-0.2, 0) is 0 Å². The first kappa shape index (κ1) is 28.5. The second-order valence-corrected chi connectivity index (χ2v) is 13.0. The molecule has 0 N–H and O–H groups in total. The van der Waals surface area contributed by atoms with E-state index in [1.54, 1.807) is 0 Å². The van der Waals surface area contributed by atoms with Crippen LogP contribution in [0.15, 0.2) is 182 Å².